The second-order valence-electron chi connectivity index (χ2n) is 7.04. The van der Waals surface area contributed by atoms with Crippen LogP contribution in [0.4, 0.5) is 14.6 Å². The molecule has 0 saturated heterocycles. The summed E-state index contributed by atoms with van der Waals surface area (Å²) in [6, 6.07) is 9.60. The van der Waals surface area contributed by atoms with Gasteiger partial charge in [-0.3, -0.25) is 14.6 Å². The summed E-state index contributed by atoms with van der Waals surface area (Å²) in [5, 5.41) is 9.01. The SMILES string of the molecule is CC(C)c1cc(=O)[nH]c(-n2nc(-c3cccs3)cc2NC(=O)c2ccc(F)c(F)c2)n1. The Labute approximate surface area is 179 Å². The van der Waals surface area contributed by atoms with Gasteiger partial charge < -0.3 is 5.32 Å². The third-order valence-corrected chi connectivity index (χ3v) is 5.34. The van der Waals surface area contributed by atoms with E-state index in [1.54, 1.807) is 6.07 Å². The fraction of sp³-hybridized carbons (Fsp3) is 0.143. The van der Waals surface area contributed by atoms with E-state index >= 15 is 0 Å². The minimum atomic E-state index is -1.13. The Bertz CT molecular complexity index is 1310. The van der Waals surface area contributed by atoms with E-state index in [-0.39, 0.29) is 28.8 Å². The Hall–Kier alpha value is -3.66. The lowest BCUT2D eigenvalue weighted by Gasteiger charge is -2.10. The molecule has 31 heavy (non-hydrogen) atoms. The van der Waals surface area contributed by atoms with Gasteiger partial charge in [0, 0.05) is 17.7 Å². The maximum Gasteiger partial charge on any atom is 0.256 e. The Morgan fingerprint density at radius 2 is 1.97 bits per heavy atom. The van der Waals surface area contributed by atoms with Gasteiger partial charge in [-0.1, -0.05) is 19.9 Å². The fourth-order valence-electron chi connectivity index (χ4n) is 2.86. The van der Waals surface area contributed by atoms with E-state index in [2.05, 4.69) is 20.4 Å². The molecule has 3 heterocycles. The highest BCUT2D eigenvalue weighted by molar-refractivity contribution is 7.13. The number of H-pyrrole nitrogens is 1. The van der Waals surface area contributed by atoms with Crippen molar-refractivity contribution in [1.82, 2.24) is 19.7 Å². The molecule has 1 aromatic carbocycles. The van der Waals surface area contributed by atoms with E-state index in [9.17, 15) is 18.4 Å². The molecule has 158 valence electrons. The van der Waals surface area contributed by atoms with Crippen LogP contribution >= 0.6 is 11.3 Å². The average Bonchev–Trinajstić information content (AvgIpc) is 3.39. The number of thiophene rings is 1. The second kappa shape index (κ2) is 8.23. The van der Waals surface area contributed by atoms with Crippen molar-refractivity contribution in [3.05, 3.63) is 81.1 Å². The number of hydrogen-bond acceptors (Lipinski definition) is 5. The van der Waals surface area contributed by atoms with Gasteiger partial charge in [0.15, 0.2) is 11.6 Å². The number of halogens is 2. The van der Waals surface area contributed by atoms with Crippen LogP contribution in [-0.2, 0) is 0 Å². The molecule has 3 aromatic heterocycles. The van der Waals surface area contributed by atoms with Crippen LogP contribution < -0.4 is 10.9 Å². The minimum absolute atomic E-state index is 0.00592. The lowest BCUT2D eigenvalue weighted by Crippen LogP contribution is -2.19. The van der Waals surface area contributed by atoms with E-state index in [0.29, 0.717) is 11.4 Å². The monoisotopic (exact) mass is 441 g/mol. The molecule has 0 aliphatic rings. The van der Waals surface area contributed by atoms with Crippen LogP contribution in [0.2, 0.25) is 0 Å². The quantitative estimate of drug-likeness (QED) is 0.482. The maximum absolute atomic E-state index is 13.6. The van der Waals surface area contributed by atoms with E-state index in [4.69, 9.17) is 0 Å². The van der Waals surface area contributed by atoms with Crippen molar-refractivity contribution < 1.29 is 13.6 Å². The zero-order valence-corrected chi connectivity index (χ0v) is 17.3. The van der Waals surface area contributed by atoms with Crippen molar-refractivity contribution in [2.24, 2.45) is 0 Å². The summed E-state index contributed by atoms with van der Waals surface area (Å²) < 4.78 is 28.1. The minimum Gasteiger partial charge on any atom is -0.306 e. The molecule has 1 amide bonds. The first-order valence-corrected chi connectivity index (χ1v) is 10.2. The first kappa shape index (κ1) is 20.6. The highest BCUT2D eigenvalue weighted by Gasteiger charge is 2.18. The molecule has 0 aliphatic heterocycles. The molecule has 0 radical (unpaired) electrons. The van der Waals surface area contributed by atoms with Gasteiger partial charge in [-0.15, -0.1) is 11.3 Å². The Morgan fingerprint density at radius 1 is 1.16 bits per heavy atom. The Kier molecular flexibility index (Phi) is 5.47. The van der Waals surface area contributed by atoms with Crippen molar-refractivity contribution in [1.29, 1.82) is 0 Å². The Morgan fingerprint density at radius 3 is 2.65 bits per heavy atom. The number of aromatic amines is 1. The van der Waals surface area contributed by atoms with Crippen LogP contribution in [0.15, 0.2) is 52.6 Å². The number of hydrogen-bond donors (Lipinski definition) is 2. The van der Waals surface area contributed by atoms with Crippen molar-refractivity contribution in [3.63, 3.8) is 0 Å². The van der Waals surface area contributed by atoms with Gasteiger partial charge in [-0.25, -0.2) is 13.8 Å². The van der Waals surface area contributed by atoms with Crippen molar-refractivity contribution in [2.45, 2.75) is 19.8 Å². The number of rotatable bonds is 5. The number of benzene rings is 1. The molecule has 0 fully saturated rings. The summed E-state index contributed by atoms with van der Waals surface area (Å²) in [6.07, 6.45) is 0. The van der Waals surface area contributed by atoms with Gasteiger partial charge in [0.1, 0.15) is 11.5 Å². The van der Waals surface area contributed by atoms with Crippen LogP contribution in [0.5, 0.6) is 0 Å². The molecule has 4 aromatic rings. The molecule has 4 rings (SSSR count). The zero-order valence-electron chi connectivity index (χ0n) is 16.5. The van der Waals surface area contributed by atoms with Crippen molar-refractivity contribution in [3.8, 4) is 16.5 Å². The summed E-state index contributed by atoms with van der Waals surface area (Å²) in [5.74, 6) is -2.51. The normalized spacial score (nSPS) is 11.1. The number of amides is 1. The molecule has 0 spiro atoms. The molecular weight excluding hydrogens is 424 g/mol. The summed E-state index contributed by atoms with van der Waals surface area (Å²) in [7, 11) is 0. The highest BCUT2D eigenvalue weighted by atomic mass is 32.1. The molecular formula is C21H17F2N5O2S. The van der Waals surface area contributed by atoms with Gasteiger partial charge in [-0.05, 0) is 35.6 Å². The number of carbonyl (C=O) groups is 1. The van der Waals surface area contributed by atoms with E-state index in [1.165, 1.54) is 28.2 Å². The predicted molar refractivity (Wildman–Crippen MR) is 114 cm³/mol. The molecule has 0 saturated carbocycles. The van der Waals surface area contributed by atoms with Gasteiger partial charge in [0.05, 0.1) is 10.6 Å². The first-order chi connectivity index (χ1) is 14.8. The highest BCUT2D eigenvalue weighted by Crippen LogP contribution is 2.28. The van der Waals surface area contributed by atoms with Gasteiger partial charge >= 0.3 is 0 Å². The molecule has 0 bridgehead atoms. The summed E-state index contributed by atoms with van der Waals surface area (Å²) >= 11 is 1.45. The third-order valence-electron chi connectivity index (χ3n) is 4.45. The van der Waals surface area contributed by atoms with Crippen molar-refractivity contribution in [2.75, 3.05) is 5.32 Å². The first-order valence-electron chi connectivity index (χ1n) is 9.34. The number of nitrogens with zero attached hydrogens (tertiary/aromatic N) is 3. The van der Waals surface area contributed by atoms with E-state index in [1.807, 2.05) is 31.4 Å². The van der Waals surface area contributed by atoms with Gasteiger partial charge in [0.2, 0.25) is 5.95 Å². The average molecular weight is 441 g/mol. The molecule has 10 heteroatoms. The van der Waals surface area contributed by atoms with E-state index < -0.39 is 17.5 Å². The number of anilines is 1. The summed E-state index contributed by atoms with van der Waals surface area (Å²) in [4.78, 5) is 32.7. The number of nitrogens with one attached hydrogen (secondary N) is 2. The molecule has 0 aliphatic carbocycles. The molecule has 0 unspecified atom stereocenters. The maximum atomic E-state index is 13.6. The summed E-state index contributed by atoms with van der Waals surface area (Å²) in [5.41, 5.74) is 0.680. The predicted octanol–water partition coefficient (Wildman–Crippen LogP) is 4.34. The molecule has 2 N–H and O–H groups in total. The standard InChI is InChI=1S/C21H17F2N5O2S/c1-11(2)15-10-19(29)26-21(24-15)28-18(9-16(27-28)17-4-3-7-31-17)25-20(30)12-5-6-13(22)14(23)8-12/h3-11H,1-2H3,(H,25,30)(H,24,26,29). The van der Waals surface area contributed by atoms with Crippen LogP contribution in [0.3, 0.4) is 0 Å². The molecule has 0 atom stereocenters. The zero-order chi connectivity index (χ0) is 22.1. The largest absolute Gasteiger partial charge is 0.306 e. The van der Waals surface area contributed by atoms with Gasteiger partial charge in [0.25, 0.3) is 11.5 Å². The van der Waals surface area contributed by atoms with Gasteiger partial charge in [-0.2, -0.15) is 9.78 Å². The Balaban J connectivity index is 1.79. The van der Waals surface area contributed by atoms with Crippen LogP contribution in [0, 0.1) is 11.6 Å². The lowest BCUT2D eigenvalue weighted by molar-refractivity contribution is 0.102. The number of aromatic nitrogens is 4. The van der Waals surface area contributed by atoms with Crippen LogP contribution in [0.25, 0.3) is 16.5 Å². The third kappa shape index (κ3) is 4.29. The topological polar surface area (TPSA) is 92.7 Å². The fourth-order valence-corrected chi connectivity index (χ4v) is 3.54. The van der Waals surface area contributed by atoms with E-state index in [0.717, 1.165) is 17.0 Å². The number of carbonyl (C=O) groups excluding carboxylic acids is 1. The second-order valence-corrected chi connectivity index (χ2v) is 7.98. The molecule has 7 nitrogen and oxygen atoms in total. The van der Waals surface area contributed by atoms with Crippen molar-refractivity contribution >= 4 is 23.1 Å². The summed E-state index contributed by atoms with van der Waals surface area (Å²) in [6.45, 7) is 3.80. The smallest absolute Gasteiger partial charge is 0.256 e. The lowest BCUT2D eigenvalue weighted by atomic mass is 10.1. The van der Waals surface area contributed by atoms with Crippen LogP contribution in [-0.4, -0.2) is 25.7 Å². The van der Waals surface area contributed by atoms with Crippen LogP contribution in [0.1, 0.15) is 35.8 Å².